The Morgan fingerprint density at radius 3 is 2.54 bits per heavy atom. The normalized spacial score (nSPS) is 19.5. The van der Waals surface area contributed by atoms with Crippen LogP contribution in [0.2, 0.25) is 2.82 Å². The van der Waals surface area contributed by atoms with Crippen LogP contribution in [0, 0.1) is 0 Å². The van der Waals surface area contributed by atoms with Gasteiger partial charge in [-0.25, -0.2) is 0 Å². The van der Waals surface area contributed by atoms with Crippen molar-refractivity contribution >= 4 is 11.9 Å². The van der Waals surface area contributed by atoms with Gasteiger partial charge in [-0.2, -0.15) is 0 Å². The first kappa shape index (κ1) is 7.32. The maximum atomic E-state index is 11.3. The van der Waals surface area contributed by atoms with Crippen molar-refractivity contribution in [1.29, 1.82) is 0 Å². The topological polar surface area (TPSA) is 89.6 Å². The van der Waals surface area contributed by atoms with Crippen LogP contribution in [-0.2, 0) is 14.3 Å². The Kier molecular flexibility index (Phi) is 2.38. The highest BCUT2D eigenvalue weighted by molar-refractivity contribution is 5.81. The van der Waals surface area contributed by atoms with E-state index in [1.165, 1.54) is 0 Å². The summed E-state index contributed by atoms with van der Waals surface area (Å²) in [6, 6.07) is -2.65. The smallest absolute Gasteiger partial charge is 0.321 e. The van der Waals surface area contributed by atoms with Gasteiger partial charge in [0.2, 0.25) is 0 Å². The van der Waals surface area contributed by atoms with Crippen LogP contribution in [0.3, 0.4) is 0 Å². The van der Waals surface area contributed by atoms with Crippen molar-refractivity contribution in [2.45, 2.75) is 38.8 Å². The minimum absolute atomic E-state index is 0.334. The number of ether oxygens (including phenoxy) is 1. The summed E-state index contributed by atoms with van der Waals surface area (Å²) in [7, 11) is 0. The maximum Gasteiger partial charge on any atom is 0.321 e. The predicted molar refractivity (Wildman–Crippen MR) is 46.1 cm³/mol. The lowest BCUT2D eigenvalue weighted by molar-refractivity contribution is -0.157. The number of hydrogen-bond donors (Lipinski definition) is 2. The molecule has 0 bridgehead atoms. The van der Waals surface area contributed by atoms with Gasteiger partial charge in [0, 0.05) is 0 Å². The van der Waals surface area contributed by atoms with Crippen LogP contribution in [0.4, 0.5) is 0 Å². The molecule has 0 aromatic rings. The molecule has 3 N–H and O–H groups in total. The summed E-state index contributed by atoms with van der Waals surface area (Å²) in [6.07, 6.45) is -0.882. The van der Waals surface area contributed by atoms with Crippen LogP contribution in [0.25, 0.3) is 0 Å². The van der Waals surface area contributed by atoms with Gasteiger partial charge in [-0.15, -0.1) is 0 Å². The number of carbonyl (C=O) groups is 2. The first-order valence-corrected chi connectivity index (χ1v) is 3.72. The molecule has 0 aliphatic carbocycles. The van der Waals surface area contributed by atoms with E-state index in [1.54, 1.807) is 20.8 Å². The highest BCUT2D eigenvalue weighted by atomic mass is 16.6. The Morgan fingerprint density at radius 1 is 1.69 bits per heavy atom. The number of esters is 1. The van der Waals surface area contributed by atoms with Gasteiger partial charge in [0.15, 0.2) is 0 Å². The van der Waals surface area contributed by atoms with Gasteiger partial charge in [-0.1, -0.05) is 0 Å². The molecule has 0 heterocycles. The second kappa shape index (κ2) is 4.23. The molecule has 0 aromatic heterocycles. The summed E-state index contributed by atoms with van der Waals surface area (Å²) in [5.41, 5.74) is -1.13. The molecule has 0 rings (SSSR count). The van der Waals surface area contributed by atoms with E-state index in [-0.39, 0.29) is 5.72 Å². The number of carbonyl (C=O) groups excluding carboxylic acids is 1. The molecule has 5 heteroatoms. The van der Waals surface area contributed by atoms with Crippen LogP contribution in [-0.4, -0.2) is 28.7 Å². The fraction of sp³-hybridized carbons (Fsp3) is 0.750. The molecule has 0 aliphatic heterocycles. The molecule has 13 heavy (non-hydrogen) atoms. The SMILES string of the molecule is [2H]N([2H])[C@@]([2H])(CC(=O)OC(C)(C)C)C(=O)O. The highest BCUT2D eigenvalue weighted by Gasteiger charge is 2.21. The van der Waals surface area contributed by atoms with Gasteiger partial charge in [-0.05, 0) is 20.8 Å². The first-order valence-electron chi connectivity index (χ1n) is 5.12. The van der Waals surface area contributed by atoms with Crippen molar-refractivity contribution in [3.63, 3.8) is 0 Å². The van der Waals surface area contributed by atoms with E-state index in [9.17, 15) is 9.59 Å². The molecule has 0 saturated heterocycles. The molecule has 76 valence electrons. The molecular formula is C8H15NO4. The van der Waals surface area contributed by atoms with E-state index in [0.717, 1.165) is 0 Å². The van der Waals surface area contributed by atoms with Gasteiger partial charge >= 0.3 is 11.9 Å². The van der Waals surface area contributed by atoms with Crippen molar-refractivity contribution < 1.29 is 23.6 Å². The third kappa shape index (κ3) is 6.10. The lowest BCUT2D eigenvalue weighted by Gasteiger charge is -2.19. The fourth-order valence-corrected chi connectivity index (χ4v) is 0.590. The van der Waals surface area contributed by atoms with E-state index in [2.05, 4.69) is 0 Å². The van der Waals surface area contributed by atoms with E-state index < -0.39 is 30.0 Å². The van der Waals surface area contributed by atoms with Crippen LogP contribution in [0.15, 0.2) is 0 Å². The molecule has 0 aliphatic rings. The Labute approximate surface area is 81.2 Å². The minimum atomic E-state index is -2.65. The Hall–Kier alpha value is -1.10. The summed E-state index contributed by atoms with van der Waals surface area (Å²) in [5.74, 6) is -2.68. The highest BCUT2D eigenvalue weighted by Crippen LogP contribution is 2.08. The standard InChI is InChI=1S/C8H15NO4/c1-8(2,3)13-6(10)4-5(9)7(11)12/h5H,4,9H2,1-3H3,(H,11,12)/t5-/m0/s1/i5D/hD2. The Balaban J connectivity index is 4.68. The number of nitrogens with two attached hydrogens (primary N) is 1. The van der Waals surface area contributed by atoms with E-state index >= 15 is 0 Å². The van der Waals surface area contributed by atoms with Gasteiger partial charge < -0.3 is 15.6 Å². The summed E-state index contributed by atoms with van der Waals surface area (Å²) in [5, 5.41) is 8.67. The zero-order valence-corrected chi connectivity index (χ0v) is 7.83. The molecule has 0 aromatic carbocycles. The average Bonchev–Trinajstić information content (AvgIpc) is 1.98. The summed E-state index contributed by atoms with van der Waals surface area (Å²) < 4.78 is 25.8. The lowest BCUT2D eigenvalue weighted by Crippen LogP contribution is -2.35. The number of aliphatic carboxylic acids is 1. The van der Waals surface area contributed by atoms with Gasteiger partial charge in [0.25, 0.3) is 0 Å². The van der Waals surface area contributed by atoms with E-state index in [1.807, 2.05) is 0 Å². The molecule has 0 spiro atoms. The van der Waals surface area contributed by atoms with Crippen LogP contribution >= 0.6 is 0 Å². The van der Waals surface area contributed by atoms with Crippen molar-refractivity contribution in [2.75, 3.05) is 0 Å². The molecular weight excluding hydrogens is 174 g/mol. The molecule has 5 nitrogen and oxygen atoms in total. The molecule has 0 amide bonds. The molecule has 0 fully saturated rings. The number of carboxylic acid groups (broad SMARTS) is 1. The van der Waals surface area contributed by atoms with E-state index in [0.29, 0.717) is 0 Å². The number of hydrogen-bond acceptors (Lipinski definition) is 4. The zero-order valence-electron chi connectivity index (χ0n) is 10.8. The largest absolute Gasteiger partial charge is 0.480 e. The zero-order chi connectivity index (χ0) is 13.1. The molecule has 0 unspecified atom stereocenters. The van der Waals surface area contributed by atoms with Gasteiger partial charge in [0.05, 0.1) is 7.79 Å². The summed E-state index contributed by atoms with van der Waals surface area (Å²) in [4.78, 5) is 22.0. The third-order valence-corrected chi connectivity index (χ3v) is 0.979. The first-order chi connectivity index (χ1) is 6.99. The molecule has 0 radical (unpaired) electrons. The second-order valence-electron chi connectivity index (χ2n) is 3.52. The van der Waals surface area contributed by atoms with Crippen molar-refractivity contribution in [2.24, 2.45) is 5.72 Å². The van der Waals surface area contributed by atoms with Crippen molar-refractivity contribution in [3.8, 4) is 0 Å². The fourth-order valence-electron chi connectivity index (χ4n) is 0.590. The summed E-state index contributed by atoms with van der Waals surface area (Å²) in [6.45, 7) is 4.78. The molecule has 1 atom stereocenters. The maximum absolute atomic E-state index is 11.3. The predicted octanol–water partition coefficient (Wildman–Crippen LogP) is 0.130. The minimum Gasteiger partial charge on any atom is -0.480 e. The van der Waals surface area contributed by atoms with E-state index in [4.69, 9.17) is 14.0 Å². The van der Waals surface area contributed by atoms with Crippen LogP contribution in [0.1, 0.15) is 28.6 Å². The Bertz CT molecular complexity index is 289. The Morgan fingerprint density at radius 2 is 2.23 bits per heavy atom. The quantitative estimate of drug-likeness (QED) is 0.618. The monoisotopic (exact) mass is 192 g/mol. The summed E-state index contributed by atoms with van der Waals surface area (Å²) >= 11 is 0. The average molecular weight is 192 g/mol. The second-order valence-corrected chi connectivity index (χ2v) is 3.52. The van der Waals surface area contributed by atoms with Crippen LogP contribution in [0.5, 0.6) is 0 Å². The number of carboxylic acids is 1. The van der Waals surface area contributed by atoms with Crippen LogP contribution < -0.4 is 5.72 Å². The third-order valence-electron chi connectivity index (χ3n) is 0.979. The van der Waals surface area contributed by atoms with Gasteiger partial charge in [-0.3, -0.25) is 9.59 Å². The van der Waals surface area contributed by atoms with Crippen molar-refractivity contribution in [1.82, 2.24) is 0 Å². The molecule has 0 saturated carbocycles. The van der Waals surface area contributed by atoms with Crippen molar-refractivity contribution in [3.05, 3.63) is 0 Å². The number of rotatable bonds is 4. The van der Waals surface area contributed by atoms with Gasteiger partial charge in [0.1, 0.15) is 14.4 Å². The lowest BCUT2D eigenvalue weighted by atomic mass is 10.2.